The van der Waals surface area contributed by atoms with Crippen LogP contribution in [0.2, 0.25) is 0 Å². The Labute approximate surface area is 154 Å². The van der Waals surface area contributed by atoms with Crippen molar-refractivity contribution < 1.29 is 9.53 Å². The summed E-state index contributed by atoms with van der Waals surface area (Å²) in [7, 11) is 0. The first-order chi connectivity index (χ1) is 12.7. The molecule has 2 aromatic heterocycles. The van der Waals surface area contributed by atoms with Crippen molar-refractivity contribution in [2.75, 3.05) is 12.3 Å². The number of rotatable bonds is 4. The molecular weight excluding hydrogens is 328 g/mol. The summed E-state index contributed by atoms with van der Waals surface area (Å²) in [6.45, 7) is 2.32. The van der Waals surface area contributed by atoms with Crippen molar-refractivity contribution in [1.29, 1.82) is 0 Å². The molecule has 2 aromatic rings. The maximum absolute atomic E-state index is 11.9. The third kappa shape index (κ3) is 3.17. The Hall–Kier alpha value is -2.11. The van der Waals surface area contributed by atoms with E-state index in [0.717, 1.165) is 55.4 Å². The minimum Gasteiger partial charge on any atom is -0.466 e. The van der Waals surface area contributed by atoms with Crippen LogP contribution in [0.25, 0.3) is 11.2 Å². The molecule has 0 atom stereocenters. The molecule has 2 aliphatic carbocycles. The molecule has 6 heteroatoms. The van der Waals surface area contributed by atoms with Crippen molar-refractivity contribution in [3.63, 3.8) is 0 Å². The third-order valence-electron chi connectivity index (χ3n) is 6.04. The molecule has 26 heavy (non-hydrogen) atoms. The van der Waals surface area contributed by atoms with Crippen molar-refractivity contribution in [3.05, 3.63) is 17.8 Å². The molecule has 6 nitrogen and oxygen atoms in total. The second-order valence-corrected chi connectivity index (χ2v) is 7.66. The van der Waals surface area contributed by atoms with Crippen LogP contribution in [0, 0.1) is 5.92 Å². The molecule has 4 rings (SSSR count). The second-order valence-electron chi connectivity index (χ2n) is 7.66. The predicted molar refractivity (Wildman–Crippen MR) is 101 cm³/mol. The van der Waals surface area contributed by atoms with Gasteiger partial charge in [0, 0.05) is 17.7 Å². The number of hydrogen-bond acceptors (Lipinski definition) is 5. The molecule has 0 aromatic carbocycles. The summed E-state index contributed by atoms with van der Waals surface area (Å²) in [5.74, 6) is 0.997. The summed E-state index contributed by atoms with van der Waals surface area (Å²) in [6.07, 6.45) is 8.55. The molecular formula is C20H28N4O2. The molecule has 0 aliphatic heterocycles. The number of anilines is 1. The number of nitrogen functional groups attached to an aromatic ring is 1. The fourth-order valence-electron chi connectivity index (χ4n) is 4.64. The first-order valence-corrected chi connectivity index (χ1v) is 9.98. The Morgan fingerprint density at radius 1 is 1.15 bits per heavy atom. The Bertz CT molecular complexity index is 786. The van der Waals surface area contributed by atoms with Crippen LogP contribution in [-0.4, -0.2) is 27.1 Å². The number of nitrogens with two attached hydrogens (primary N) is 1. The van der Waals surface area contributed by atoms with Crippen molar-refractivity contribution >= 4 is 23.1 Å². The number of pyridine rings is 1. The summed E-state index contributed by atoms with van der Waals surface area (Å²) in [6, 6.07) is 4.57. The Morgan fingerprint density at radius 3 is 2.58 bits per heavy atom. The number of aromatic nitrogens is 3. The highest BCUT2D eigenvalue weighted by molar-refractivity contribution is 5.75. The average Bonchev–Trinajstić information content (AvgIpc) is 3.28. The fourth-order valence-corrected chi connectivity index (χ4v) is 4.64. The first-order valence-electron chi connectivity index (χ1n) is 9.98. The number of ether oxygens (including phenoxy) is 1. The number of esters is 1. The maximum Gasteiger partial charge on any atom is 0.308 e. The molecule has 0 saturated heterocycles. The number of nitrogens with zero attached hydrogens (tertiary/aromatic N) is 3. The van der Waals surface area contributed by atoms with Crippen molar-refractivity contribution in [1.82, 2.24) is 14.5 Å². The molecule has 140 valence electrons. The van der Waals surface area contributed by atoms with Gasteiger partial charge in [0.15, 0.2) is 5.65 Å². The average molecular weight is 356 g/mol. The van der Waals surface area contributed by atoms with Gasteiger partial charge in [-0.1, -0.05) is 12.8 Å². The standard InChI is InChI=1S/C20H28N4O2/c1-2-26-19(25)14-9-7-13(8-10-14)16-11-12-17-18(22-16)24(20(21)23-17)15-5-3-4-6-15/h11-15H,2-10H2,1H3,(H2,21,23). The molecule has 0 amide bonds. The summed E-state index contributed by atoms with van der Waals surface area (Å²) >= 11 is 0. The largest absolute Gasteiger partial charge is 0.466 e. The van der Waals surface area contributed by atoms with Crippen LogP contribution in [0.1, 0.15) is 75.9 Å². The van der Waals surface area contributed by atoms with Gasteiger partial charge in [0.05, 0.1) is 12.5 Å². The Morgan fingerprint density at radius 2 is 1.88 bits per heavy atom. The number of carbonyl (C=O) groups excluding carboxylic acids is 1. The topological polar surface area (TPSA) is 83.0 Å². The van der Waals surface area contributed by atoms with E-state index in [9.17, 15) is 4.79 Å². The smallest absolute Gasteiger partial charge is 0.308 e. The molecule has 0 spiro atoms. The number of hydrogen-bond donors (Lipinski definition) is 1. The van der Waals surface area contributed by atoms with Gasteiger partial charge in [0.25, 0.3) is 0 Å². The Kier molecular flexibility index (Phi) is 4.83. The Balaban J connectivity index is 1.54. The van der Waals surface area contributed by atoms with E-state index in [-0.39, 0.29) is 11.9 Å². The van der Waals surface area contributed by atoms with Crippen LogP contribution < -0.4 is 5.73 Å². The molecule has 2 saturated carbocycles. The van der Waals surface area contributed by atoms with Gasteiger partial charge in [0.2, 0.25) is 5.95 Å². The molecule has 0 bridgehead atoms. The van der Waals surface area contributed by atoms with Gasteiger partial charge in [0.1, 0.15) is 5.52 Å². The second kappa shape index (κ2) is 7.25. The van der Waals surface area contributed by atoms with E-state index in [1.165, 1.54) is 12.8 Å². The SMILES string of the molecule is CCOC(=O)C1CCC(c2ccc3nc(N)n(C4CCCC4)c3n2)CC1. The molecule has 2 aliphatic rings. The first kappa shape index (κ1) is 17.3. The van der Waals surface area contributed by atoms with Crippen LogP contribution in [0.4, 0.5) is 5.95 Å². The van der Waals surface area contributed by atoms with Crippen LogP contribution in [0.5, 0.6) is 0 Å². The lowest BCUT2D eigenvalue weighted by atomic mass is 9.80. The highest BCUT2D eigenvalue weighted by Gasteiger charge is 2.29. The molecule has 2 heterocycles. The van der Waals surface area contributed by atoms with Gasteiger partial charge in [-0.3, -0.25) is 9.36 Å². The normalized spacial score (nSPS) is 24.2. The van der Waals surface area contributed by atoms with E-state index in [1.807, 2.05) is 6.92 Å². The fraction of sp³-hybridized carbons (Fsp3) is 0.650. The van der Waals surface area contributed by atoms with E-state index in [1.54, 1.807) is 0 Å². The van der Waals surface area contributed by atoms with Crippen LogP contribution in [0.3, 0.4) is 0 Å². The van der Waals surface area contributed by atoms with E-state index in [0.29, 0.717) is 24.5 Å². The summed E-state index contributed by atoms with van der Waals surface area (Å²) in [4.78, 5) is 21.4. The lowest BCUT2D eigenvalue weighted by Gasteiger charge is -2.27. The lowest BCUT2D eigenvalue weighted by Crippen LogP contribution is -2.23. The van der Waals surface area contributed by atoms with Gasteiger partial charge >= 0.3 is 5.97 Å². The molecule has 2 fully saturated rings. The number of imidazole rings is 1. The maximum atomic E-state index is 11.9. The van der Waals surface area contributed by atoms with Gasteiger partial charge in [-0.25, -0.2) is 9.97 Å². The summed E-state index contributed by atoms with van der Waals surface area (Å²) < 4.78 is 7.32. The van der Waals surface area contributed by atoms with Gasteiger partial charge in [-0.15, -0.1) is 0 Å². The van der Waals surface area contributed by atoms with Gasteiger partial charge < -0.3 is 10.5 Å². The van der Waals surface area contributed by atoms with E-state index in [2.05, 4.69) is 21.7 Å². The van der Waals surface area contributed by atoms with Crippen molar-refractivity contribution in [2.45, 2.75) is 70.3 Å². The van der Waals surface area contributed by atoms with Gasteiger partial charge in [-0.2, -0.15) is 0 Å². The number of fused-ring (bicyclic) bond motifs is 1. The third-order valence-corrected chi connectivity index (χ3v) is 6.04. The molecule has 2 N–H and O–H groups in total. The zero-order valence-electron chi connectivity index (χ0n) is 15.5. The van der Waals surface area contributed by atoms with Crippen molar-refractivity contribution in [2.24, 2.45) is 5.92 Å². The van der Waals surface area contributed by atoms with E-state index >= 15 is 0 Å². The van der Waals surface area contributed by atoms with Crippen molar-refractivity contribution in [3.8, 4) is 0 Å². The lowest BCUT2D eigenvalue weighted by molar-refractivity contribution is -0.149. The van der Waals surface area contributed by atoms with E-state index in [4.69, 9.17) is 15.5 Å². The minimum absolute atomic E-state index is 0.0403. The summed E-state index contributed by atoms with van der Waals surface area (Å²) in [5.41, 5.74) is 9.13. The zero-order chi connectivity index (χ0) is 18.1. The predicted octanol–water partition coefficient (Wildman–Crippen LogP) is 3.97. The molecule has 0 unspecified atom stereocenters. The zero-order valence-corrected chi connectivity index (χ0v) is 15.5. The quantitative estimate of drug-likeness (QED) is 0.838. The van der Waals surface area contributed by atoms with Crippen LogP contribution >= 0.6 is 0 Å². The highest BCUT2D eigenvalue weighted by atomic mass is 16.5. The minimum atomic E-state index is -0.0403. The monoisotopic (exact) mass is 356 g/mol. The van der Waals surface area contributed by atoms with Crippen LogP contribution in [-0.2, 0) is 9.53 Å². The van der Waals surface area contributed by atoms with Gasteiger partial charge in [-0.05, 0) is 57.6 Å². The highest BCUT2D eigenvalue weighted by Crippen LogP contribution is 2.38. The summed E-state index contributed by atoms with van der Waals surface area (Å²) in [5, 5.41) is 0. The van der Waals surface area contributed by atoms with Crippen LogP contribution in [0.15, 0.2) is 12.1 Å². The molecule has 0 radical (unpaired) electrons. The number of carbonyl (C=O) groups is 1. The van der Waals surface area contributed by atoms with E-state index < -0.39 is 0 Å².